The number of fused-ring (bicyclic) bond motifs is 2. The highest BCUT2D eigenvalue weighted by molar-refractivity contribution is 14.1. The summed E-state index contributed by atoms with van der Waals surface area (Å²) in [6.07, 6.45) is 6.23. The second-order valence-corrected chi connectivity index (χ2v) is 7.69. The van der Waals surface area contributed by atoms with E-state index in [1.807, 2.05) is 6.92 Å². The number of rotatable bonds is 4. The van der Waals surface area contributed by atoms with Crippen LogP contribution in [0, 0.1) is 17.8 Å². The number of alkyl halides is 1. The lowest BCUT2D eigenvalue weighted by atomic mass is 9.78. The third-order valence-electron chi connectivity index (χ3n) is 4.61. The quantitative estimate of drug-likeness (QED) is 0.436. The van der Waals surface area contributed by atoms with Crippen LogP contribution in [0.5, 0.6) is 0 Å². The van der Waals surface area contributed by atoms with Crippen molar-refractivity contribution in [3.63, 3.8) is 0 Å². The summed E-state index contributed by atoms with van der Waals surface area (Å²) < 4.78 is 5.79. The lowest BCUT2D eigenvalue weighted by Gasteiger charge is -2.37. The van der Waals surface area contributed by atoms with Crippen LogP contribution in [0.3, 0.4) is 0 Å². The highest BCUT2D eigenvalue weighted by Crippen LogP contribution is 2.52. The number of hydrogen-bond donors (Lipinski definition) is 0. The second-order valence-electron chi connectivity index (χ2n) is 6.18. The first-order chi connectivity index (χ1) is 7.94. The van der Waals surface area contributed by atoms with Crippen molar-refractivity contribution in [1.29, 1.82) is 0 Å². The molecule has 2 fully saturated rings. The van der Waals surface area contributed by atoms with Gasteiger partial charge in [0, 0.05) is 5.92 Å². The summed E-state index contributed by atoms with van der Waals surface area (Å²) in [6.45, 7) is 6.24. The number of halogens is 1. The molecule has 0 aromatic rings. The van der Waals surface area contributed by atoms with Crippen LogP contribution in [-0.4, -0.2) is 15.5 Å². The van der Waals surface area contributed by atoms with Crippen LogP contribution in [-0.2, 0) is 9.53 Å². The first kappa shape index (κ1) is 13.6. The lowest BCUT2D eigenvalue weighted by molar-refractivity contribution is -0.162. The summed E-state index contributed by atoms with van der Waals surface area (Å²) in [6, 6.07) is 0. The molecule has 4 unspecified atom stereocenters. The van der Waals surface area contributed by atoms with Crippen molar-refractivity contribution in [3.05, 3.63) is 0 Å². The van der Waals surface area contributed by atoms with Crippen molar-refractivity contribution in [3.8, 4) is 0 Å². The Morgan fingerprint density at radius 1 is 1.41 bits per heavy atom. The Bertz CT molecular complexity index is 301. The van der Waals surface area contributed by atoms with E-state index in [9.17, 15) is 4.79 Å². The molecule has 0 radical (unpaired) electrons. The largest absolute Gasteiger partial charge is 0.459 e. The fourth-order valence-electron chi connectivity index (χ4n) is 3.66. The molecule has 2 saturated carbocycles. The molecule has 17 heavy (non-hydrogen) atoms. The van der Waals surface area contributed by atoms with Gasteiger partial charge in [-0.15, -0.1) is 0 Å². The van der Waals surface area contributed by atoms with Gasteiger partial charge in [-0.3, -0.25) is 4.79 Å². The van der Waals surface area contributed by atoms with Gasteiger partial charge in [-0.05, 0) is 51.4 Å². The molecule has 0 heterocycles. The molecule has 0 N–H and O–H groups in total. The van der Waals surface area contributed by atoms with Crippen molar-refractivity contribution in [2.75, 3.05) is 0 Å². The molecule has 0 amide bonds. The Balaban J connectivity index is 1.97. The smallest absolute Gasteiger partial charge is 0.319 e. The SMILES string of the molecule is CCC(I)C(=O)OC(C)(C)C1CC2CCC1C2. The number of ether oxygens (including phenoxy) is 1. The molecule has 3 heteroatoms. The Kier molecular flexibility index (Phi) is 4.06. The maximum absolute atomic E-state index is 11.9. The predicted octanol–water partition coefficient (Wildman–Crippen LogP) is 3.96. The van der Waals surface area contributed by atoms with Crippen LogP contribution in [0.1, 0.15) is 52.9 Å². The van der Waals surface area contributed by atoms with Crippen LogP contribution in [0.4, 0.5) is 0 Å². The van der Waals surface area contributed by atoms with Gasteiger partial charge in [0.05, 0.1) is 0 Å². The molecule has 0 aliphatic heterocycles. The zero-order valence-electron chi connectivity index (χ0n) is 11.0. The summed E-state index contributed by atoms with van der Waals surface area (Å²) in [5.74, 6) is 2.27. The minimum atomic E-state index is -0.268. The van der Waals surface area contributed by atoms with E-state index < -0.39 is 0 Å². The lowest BCUT2D eigenvalue weighted by Crippen LogP contribution is -2.41. The first-order valence-electron chi connectivity index (χ1n) is 6.81. The maximum atomic E-state index is 11.9. The normalized spacial score (nSPS) is 33.8. The molecule has 4 atom stereocenters. The summed E-state index contributed by atoms with van der Waals surface area (Å²) >= 11 is 2.18. The van der Waals surface area contributed by atoms with E-state index in [2.05, 4.69) is 36.4 Å². The Morgan fingerprint density at radius 3 is 2.59 bits per heavy atom. The van der Waals surface area contributed by atoms with Crippen LogP contribution >= 0.6 is 22.6 Å². The van der Waals surface area contributed by atoms with E-state index in [1.54, 1.807) is 0 Å². The van der Waals surface area contributed by atoms with Gasteiger partial charge in [0.1, 0.15) is 9.53 Å². The molecule has 2 aliphatic carbocycles. The van der Waals surface area contributed by atoms with Crippen LogP contribution in [0.15, 0.2) is 0 Å². The summed E-state index contributed by atoms with van der Waals surface area (Å²) in [5.41, 5.74) is -0.268. The van der Waals surface area contributed by atoms with Gasteiger partial charge >= 0.3 is 5.97 Å². The average molecular weight is 350 g/mol. The van der Waals surface area contributed by atoms with Gasteiger partial charge in [-0.25, -0.2) is 0 Å². The molecular formula is C14H23IO2. The number of esters is 1. The van der Waals surface area contributed by atoms with Crippen molar-refractivity contribution in [1.82, 2.24) is 0 Å². The molecule has 2 rings (SSSR count). The highest BCUT2D eigenvalue weighted by Gasteiger charge is 2.48. The minimum absolute atomic E-state index is 0.00506. The third-order valence-corrected chi connectivity index (χ3v) is 6.00. The maximum Gasteiger partial charge on any atom is 0.319 e. The Hall–Kier alpha value is 0.200. The standard InChI is InChI=1S/C14H23IO2/c1-4-12(15)13(16)17-14(2,3)11-8-9-5-6-10(11)7-9/h9-12H,4-8H2,1-3H3. The van der Waals surface area contributed by atoms with Crippen molar-refractivity contribution >= 4 is 28.6 Å². The van der Waals surface area contributed by atoms with E-state index >= 15 is 0 Å². The topological polar surface area (TPSA) is 26.3 Å². The van der Waals surface area contributed by atoms with E-state index in [1.165, 1.54) is 25.7 Å². The predicted molar refractivity (Wildman–Crippen MR) is 77.2 cm³/mol. The molecule has 0 spiro atoms. The van der Waals surface area contributed by atoms with Crippen LogP contribution < -0.4 is 0 Å². The number of carbonyl (C=O) groups excluding carboxylic acids is 1. The second kappa shape index (κ2) is 5.06. The zero-order chi connectivity index (χ0) is 12.6. The minimum Gasteiger partial charge on any atom is -0.459 e. The summed E-state index contributed by atoms with van der Waals surface area (Å²) in [7, 11) is 0. The number of hydrogen-bond acceptors (Lipinski definition) is 2. The van der Waals surface area contributed by atoms with Gasteiger partial charge in [0.2, 0.25) is 0 Å². The first-order valence-corrected chi connectivity index (χ1v) is 8.05. The molecule has 0 saturated heterocycles. The van der Waals surface area contributed by atoms with Crippen molar-refractivity contribution in [2.45, 2.75) is 62.4 Å². The average Bonchev–Trinajstić information content (AvgIpc) is 2.89. The number of carbonyl (C=O) groups is 1. The Labute approximate surface area is 118 Å². The Morgan fingerprint density at radius 2 is 2.12 bits per heavy atom. The van der Waals surface area contributed by atoms with Crippen LogP contribution in [0.2, 0.25) is 0 Å². The highest BCUT2D eigenvalue weighted by atomic mass is 127. The molecule has 98 valence electrons. The third kappa shape index (κ3) is 2.79. The van der Waals surface area contributed by atoms with E-state index in [0.717, 1.165) is 18.3 Å². The van der Waals surface area contributed by atoms with E-state index in [4.69, 9.17) is 4.74 Å². The molecule has 0 aromatic heterocycles. The van der Waals surface area contributed by atoms with Gasteiger partial charge in [0.25, 0.3) is 0 Å². The fraction of sp³-hybridized carbons (Fsp3) is 0.929. The van der Waals surface area contributed by atoms with Crippen LogP contribution in [0.25, 0.3) is 0 Å². The van der Waals surface area contributed by atoms with Crippen molar-refractivity contribution in [2.24, 2.45) is 17.8 Å². The molecule has 2 nitrogen and oxygen atoms in total. The molecule has 2 bridgehead atoms. The molecular weight excluding hydrogens is 327 g/mol. The van der Waals surface area contributed by atoms with E-state index in [-0.39, 0.29) is 15.5 Å². The zero-order valence-corrected chi connectivity index (χ0v) is 13.2. The van der Waals surface area contributed by atoms with Crippen molar-refractivity contribution < 1.29 is 9.53 Å². The van der Waals surface area contributed by atoms with Gasteiger partial charge < -0.3 is 4.74 Å². The molecule has 2 aliphatic rings. The van der Waals surface area contributed by atoms with Gasteiger partial charge in [0.15, 0.2) is 0 Å². The van der Waals surface area contributed by atoms with Gasteiger partial charge in [-0.1, -0.05) is 35.9 Å². The summed E-state index contributed by atoms with van der Waals surface area (Å²) in [5, 5.41) is 0. The molecule has 0 aromatic carbocycles. The fourth-order valence-corrected chi connectivity index (χ4v) is 3.79. The summed E-state index contributed by atoms with van der Waals surface area (Å²) in [4.78, 5) is 11.9. The monoisotopic (exact) mass is 350 g/mol. The van der Waals surface area contributed by atoms with E-state index in [0.29, 0.717) is 5.92 Å². The van der Waals surface area contributed by atoms with Gasteiger partial charge in [-0.2, -0.15) is 0 Å².